The fraction of sp³-hybridized carbons (Fsp3) is 0.263. The van der Waals surface area contributed by atoms with Crippen LogP contribution in [0, 0.1) is 11.3 Å². The van der Waals surface area contributed by atoms with Gasteiger partial charge in [-0.15, -0.1) is 0 Å². The minimum absolute atomic E-state index is 0.0543. The molecule has 0 unspecified atom stereocenters. The Bertz CT molecular complexity index is 688. The molecule has 0 fully saturated rings. The van der Waals surface area contributed by atoms with E-state index in [1.807, 2.05) is 36.4 Å². The first kappa shape index (κ1) is 17.4. The summed E-state index contributed by atoms with van der Waals surface area (Å²) >= 11 is 0. The zero-order valence-electron chi connectivity index (χ0n) is 13.6. The Morgan fingerprint density at radius 3 is 2.38 bits per heavy atom. The molecular formula is C19H20N2O3. The van der Waals surface area contributed by atoms with Gasteiger partial charge in [0.2, 0.25) is 5.91 Å². The van der Waals surface area contributed by atoms with Gasteiger partial charge < -0.3 is 14.8 Å². The van der Waals surface area contributed by atoms with Gasteiger partial charge in [-0.05, 0) is 48.4 Å². The molecule has 0 aliphatic carbocycles. The predicted molar refractivity (Wildman–Crippen MR) is 92.1 cm³/mol. The Kier molecular flexibility index (Phi) is 6.66. The molecule has 2 aromatic rings. The largest absolute Gasteiger partial charge is 0.497 e. The van der Waals surface area contributed by atoms with Gasteiger partial charge in [-0.3, -0.25) is 4.79 Å². The average molecular weight is 324 g/mol. The number of nitriles is 1. The number of rotatable bonds is 8. The number of nitrogens with one attached hydrogen (secondary N) is 1. The third-order valence-corrected chi connectivity index (χ3v) is 3.40. The van der Waals surface area contributed by atoms with Gasteiger partial charge in [0.25, 0.3) is 0 Å². The number of carbonyl (C=O) groups is 1. The molecule has 0 saturated carbocycles. The highest BCUT2D eigenvalue weighted by molar-refractivity contribution is 5.90. The molecule has 1 N–H and O–H groups in total. The number of benzene rings is 2. The van der Waals surface area contributed by atoms with Crippen LogP contribution >= 0.6 is 0 Å². The van der Waals surface area contributed by atoms with Crippen LogP contribution in [0.15, 0.2) is 48.5 Å². The molecule has 0 aliphatic rings. The van der Waals surface area contributed by atoms with E-state index in [-0.39, 0.29) is 5.91 Å². The number of nitrogens with zero attached hydrogens (tertiary/aromatic N) is 1. The maximum atomic E-state index is 11.9. The van der Waals surface area contributed by atoms with Crippen molar-refractivity contribution in [3.8, 4) is 17.6 Å². The Morgan fingerprint density at radius 1 is 1.08 bits per heavy atom. The minimum atomic E-state index is -0.0543. The lowest BCUT2D eigenvalue weighted by Crippen LogP contribution is -2.12. The maximum absolute atomic E-state index is 11.9. The van der Waals surface area contributed by atoms with Crippen LogP contribution in [-0.2, 0) is 11.2 Å². The lowest BCUT2D eigenvalue weighted by Gasteiger charge is -2.08. The van der Waals surface area contributed by atoms with E-state index in [0.29, 0.717) is 25.9 Å². The van der Waals surface area contributed by atoms with Crippen molar-refractivity contribution in [3.63, 3.8) is 0 Å². The first-order valence-electron chi connectivity index (χ1n) is 7.74. The average Bonchev–Trinajstić information content (AvgIpc) is 2.61. The molecule has 5 heteroatoms. The van der Waals surface area contributed by atoms with Gasteiger partial charge in [0.1, 0.15) is 11.5 Å². The van der Waals surface area contributed by atoms with E-state index >= 15 is 0 Å². The Morgan fingerprint density at radius 2 is 1.75 bits per heavy atom. The summed E-state index contributed by atoms with van der Waals surface area (Å²) in [6.07, 6.45) is 1.39. The second kappa shape index (κ2) is 9.21. The Labute approximate surface area is 141 Å². The molecule has 0 heterocycles. The Hall–Kier alpha value is -3.00. The van der Waals surface area contributed by atoms with Crippen LogP contribution < -0.4 is 14.8 Å². The van der Waals surface area contributed by atoms with Gasteiger partial charge in [-0.2, -0.15) is 5.26 Å². The summed E-state index contributed by atoms with van der Waals surface area (Å²) in [5.74, 6) is 1.48. The molecule has 2 rings (SSSR count). The van der Waals surface area contributed by atoms with Crippen molar-refractivity contribution in [1.29, 1.82) is 5.26 Å². The number of hydrogen-bond acceptors (Lipinski definition) is 4. The molecular weight excluding hydrogens is 304 g/mol. The lowest BCUT2D eigenvalue weighted by atomic mass is 10.1. The summed E-state index contributed by atoms with van der Waals surface area (Å²) in [5.41, 5.74) is 1.67. The van der Waals surface area contributed by atoms with Gasteiger partial charge in [0.05, 0.1) is 26.2 Å². The molecule has 0 atom stereocenters. The highest BCUT2D eigenvalue weighted by Crippen LogP contribution is 2.17. The number of ether oxygens (including phenoxy) is 2. The summed E-state index contributed by atoms with van der Waals surface area (Å²) in [6, 6.07) is 16.7. The van der Waals surface area contributed by atoms with Crippen LogP contribution in [0.1, 0.15) is 18.4 Å². The van der Waals surface area contributed by atoms with Gasteiger partial charge in [-0.25, -0.2) is 0 Å². The first-order valence-corrected chi connectivity index (χ1v) is 7.74. The van der Waals surface area contributed by atoms with Crippen molar-refractivity contribution in [2.45, 2.75) is 19.3 Å². The molecule has 2 aromatic carbocycles. The van der Waals surface area contributed by atoms with Crippen molar-refractivity contribution in [2.24, 2.45) is 0 Å². The molecule has 0 bridgehead atoms. The van der Waals surface area contributed by atoms with Gasteiger partial charge >= 0.3 is 0 Å². The van der Waals surface area contributed by atoms with Crippen molar-refractivity contribution in [1.82, 2.24) is 0 Å². The number of methoxy groups -OCH3 is 1. The summed E-state index contributed by atoms with van der Waals surface area (Å²) < 4.78 is 10.7. The van der Waals surface area contributed by atoms with Crippen molar-refractivity contribution in [2.75, 3.05) is 19.0 Å². The van der Waals surface area contributed by atoms with Crippen molar-refractivity contribution in [3.05, 3.63) is 54.1 Å². The molecule has 5 nitrogen and oxygen atoms in total. The van der Waals surface area contributed by atoms with E-state index < -0.39 is 0 Å². The zero-order chi connectivity index (χ0) is 17.2. The second-order valence-electron chi connectivity index (χ2n) is 5.21. The van der Waals surface area contributed by atoms with Crippen LogP contribution in [0.3, 0.4) is 0 Å². The summed E-state index contributed by atoms with van der Waals surface area (Å²) in [7, 11) is 1.62. The highest BCUT2D eigenvalue weighted by atomic mass is 16.5. The molecule has 0 saturated heterocycles. The van der Waals surface area contributed by atoms with Gasteiger partial charge in [0, 0.05) is 12.1 Å². The van der Waals surface area contributed by atoms with Crippen molar-refractivity contribution < 1.29 is 14.3 Å². The van der Waals surface area contributed by atoms with Crippen LogP contribution in [0.25, 0.3) is 0 Å². The topological polar surface area (TPSA) is 71.3 Å². The second-order valence-corrected chi connectivity index (χ2v) is 5.21. The monoisotopic (exact) mass is 324 g/mol. The van der Waals surface area contributed by atoms with E-state index in [4.69, 9.17) is 14.7 Å². The highest BCUT2D eigenvalue weighted by Gasteiger charge is 2.03. The third-order valence-electron chi connectivity index (χ3n) is 3.40. The van der Waals surface area contributed by atoms with E-state index in [9.17, 15) is 4.79 Å². The van der Waals surface area contributed by atoms with E-state index in [2.05, 4.69) is 11.4 Å². The van der Waals surface area contributed by atoms with Gasteiger partial charge in [0.15, 0.2) is 0 Å². The Balaban J connectivity index is 1.68. The van der Waals surface area contributed by atoms with Crippen LogP contribution in [0.2, 0.25) is 0 Å². The number of amides is 1. The molecule has 0 aliphatic heterocycles. The van der Waals surface area contributed by atoms with Crippen molar-refractivity contribution >= 4 is 11.6 Å². The molecule has 0 radical (unpaired) electrons. The predicted octanol–water partition coefficient (Wildman–Crippen LogP) is 3.56. The molecule has 124 valence electrons. The normalized spacial score (nSPS) is 9.83. The van der Waals surface area contributed by atoms with Gasteiger partial charge in [-0.1, -0.05) is 12.1 Å². The minimum Gasteiger partial charge on any atom is -0.497 e. The van der Waals surface area contributed by atoms with E-state index in [0.717, 1.165) is 22.7 Å². The summed E-state index contributed by atoms with van der Waals surface area (Å²) in [5, 5.41) is 11.5. The summed E-state index contributed by atoms with van der Waals surface area (Å²) in [4.78, 5) is 11.9. The summed E-state index contributed by atoms with van der Waals surface area (Å²) in [6.45, 7) is 0.473. The quantitative estimate of drug-likeness (QED) is 0.754. The van der Waals surface area contributed by atoms with Crippen LogP contribution in [0.5, 0.6) is 11.5 Å². The maximum Gasteiger partial charge on any atom is 0.224 e. The fourth-order valence-electron chi connectivity index (χ4n) is 2.12. The first-order chi connectivity index (χ1) is 11.7. The van der Waals surface area contributed by atoms with E-state index in [1.54, 1.807) is 19.2 Å². The number of carbonyl (C=O) groups excluding carboxylic acids is 1. The van der Waals surface area contributed by atoms with Crippen LogP contribution in [0.4, 0.5) is 5.69 Å². The smallest absolute Gasteiger partial charge is 0.224 e. The van der Waals surface area contributed by atoms with E-state index in [1.165, 1.54) is 0 Å². The third kappa shape index (κ3) is 5.65. The fourth-order valence-corrected chi connectivity index (χ4v) is 2.12. The molecule has 0 aromatic heterocycles. The SMILES string of the molecule is COc1ccc(OCCCC(=O)Nc2ccc(CC#N)cc2)cc1. The lowest BCUT2D eigenvalue weighted by molar-refractivity contribution is -0.116. The standard InChI is InChI=1S/C19H20N2O3/c1-23-17-8-10-18(11-9-17)24-14-2-3-19(22)21-16-6-4-15(5-7-16)12-13-20/h4-11H,2-3,12,14H2,1H3,(H,21,22). The number of hydrogen-bond donors (Lipinski definition) is 1. The number of anilines is 1. The van der Waals surface area contributed by atoms with Crippen LogP contribution in [-0.4, -0.2) is 19.6 Å². The zero-order valence-corrected chi connectivity index (χ0v) is 13.6. The molecule has 0 spiro atoms. The molecule has 1 amide bonds. The molecule has 24 heavy (non-hydrogen) atoms.